The van der Waals surface area contributed by atoms with E-state index in [-0.39, 0.29) is 18.5 Å². The molecule has 0 spiro atoms. The second-order valence-corrected chi connectivity index (χ2v) is 4.47. The van der Waals surface area contributed by atoms with Crippen LogP contribution in [-0.4, -0.2) is 53.9 Å². The van der Waals surface area contributed by atoms with Gasteiger partial charge >= 0.3 is 5.97 Å². The normalized spacial score (nSPS) is 20.4. The lowest BCUT2D eigenvalue weighted by Gasteiger charge is -2.31. The van der Waals surface area contributed by atoms with Crippen molar-refractivity contribution in [1.82, 2.24) is 15.0 Å². The van der Waals surface area contributed by atoms with Crippen LogP contribution in [0.15, 0.2) is 4.52 Å². The molecule has 0 aliphatic carbocycles. The lowest BCUT2D eigenvalue weighted by atomic mass is 10.2. The van der Waals surface area contributed by atoms with Gasteiger partial charge in [0.15, 0.2) is 5.82 Å². The molecule has 2 heterocycles. The SMILES string of the molecule is CCc1noc(CN2CCOC(CC(=O)OC)C2)n1. The molecule has 1 saturated heterocycles. The van der Waals surface area contributed by atoms with Crippen LogP contribution in [0.1, 0.15) is 25.1 Å². The minimum atomic E-state index is -0.252. The number of ether oxygens (including phenoxy) is 2. The molecular weight excluding hydrogens is 250 g/mol. The van der Waals surface area contributed by atoms with E-state index in [2.05, 4.69) is 19.8 Å². The smallest absolute Gasteiger partial charge is 0.308 e. The molecule has 7 nitrogen and oxygen atoms in total. The summed E-state index contributed by atoms with van der Waals surface area (Å²) in [5.74, 6) is 1.07. The predicted molar refractivity (Wildman–Crippen MR) is 65.3 cm³/mol. The molecule has 1 aromatic heterocycles. The van der Waals surface area contributed by atoms with Crippen molar-refractivity contribution in [3.63, 3.8) is 0 Å². The highest BCUT2D eigenvalue weighted by Crippen LogP contribution is 2.12. The molecule has 1 aliphatic rings. The van der Waals surface area contributed by atoms with E-state index in [4.69, 9.17) is 9.26 Å². The number of hydrogen-bond donors (Lipinski definition) is 0. The average molecular weight is 269 g/mol. The van der Waals surface area contributed by atoms with E-state index in [1.54, 1.807) is 0 Å². The number of aromatic nitrogens is 2. The Morgan fingerprint density at radius 3 is 3.11 bits per heavy atom. The van der Waals surface area contributed by atoms with Crippen molar-refractivity contribution in [3.8, 4) is 0 Å². The lowest BCUT2D eigenvalue weighted by Crippen LogP contribution is -2.42. The topological polar surface area (TPSA) is 77.7 Å². The lowest BCUT2D eigenvalue weighted by molar-refractivity contribution is -0.145. The highest BCUT2D eigenvalue weighted by atomic mass is 16.5. The molecule has 0 saturated carbocycles. The van der Waals surface area contributed by atoms with E-state index >= 15 is 0 Å². The molecule has 2 rings (SSSR count). The second kappa shape index (κ2) is 6.63. The third-order valence-electron chi connectivity index (χ3n) is 3.03. The van der Waals surface area contributed by atoms with Crippen molar-refractivity contribution in [3.05, 3.63) is 11.7 Å². The van der Waals surface area contributed by atoms with Gasteiger partial charge in [-0.1, -0.05) is 12.1 Å². The van der Waals surface area contributed by atoms with Gasteiger partial charge in [-0.2, -0.15) is 4.98 Å². The summed E-state index contributed by atoms with van der Waals surface area (Å²) in [6.45, 7) is 4.63. The van der Waals surface area contributed by atoms with Crippen LogP contribution in [-0.2, 0) is 27.2 Å². The first-order chi connectivity index (χ1) is 9.21. The number of carbonyl (C=O) groups is 1. The number of carbonyl (C=O) groups excluding carboxylic acids is 1. The van der Waals surface area contributed by atoms with Gasteiger partial charge in [-0.3, -0.25) is 9.69 Å². The fraction of sp³-hybridized carbons (Fsp3) is 0.750. The number of hydrogen-bond acceptors (Lipinski definition) is 7. The summed E-state index contributed by atoms with van der Waals surface area (Å²) in [5, 5.41) is 3.86. The first-order valence-corrected chi connectivity index (χ1v) is 6.43. The molecule has 106 valence electrons. The standard InChI is InChI=1S/C12H19N3O4/c1-3-10-13-11(19-14-10)8-15-4-5-18-9(7-15)6-12(16)17-2/h9H,3-8H2,1-2H3. The van der Waals surface area contributed by atoms with E-state index in [9.17, 15) is 4.79 Å². The van der Waals surface area contributed by atoms with Gasteiger partial charge in [-0.05, 0) is 0 Å². The summed E-state index contributed by atoms with van der Waals surface area (Å²) in [7, 11) is 1.38. The van der Waals surface area contributed by atoms with Gasteiger partial charge in [0.2, 0.25) is 5.89 Å². The van der Waals surface area contributed by atoms with Gasteiger partial charge in [0.25, 0.3) is 0 Å². The number of aryl methyl sites for hydroxylation is 1. The number of methoxy groups -OCH3 is 1. The van der Waals surface area contributed by atoms with Crippen LogP contribution in [0.5, 0.6) is 0 Å². The summed E-state index contributed by atoms with van der Waals surface area (Å²) < 4.78 is 15.3. The van der Waals surface area contributed by atoms with Crippen LogP contribution in [0, 0.1) is 0 Å². The summed E-state index contributed by atoms with van der Waals surface area (Å²) in [6, 6.07) is 0. The Hall–Kier alpha value is -1.47. The molecule has 0 amide bonds. The predicted octanol–water partition coefficient (Wildman–Crippen LogP) is 0.396. The molecule has 1 unspecified atom stereocenters. The van der Waals surface area contributed by atoms with Gasteiger partial charge in [-0.25, -0.2) is 0 Å². The Labute approximate surface area is 111 Å². The van der Waals surface area contributed by atoms with Crippen LogP contribution < -0.4 is 0 Å². The Morgan fingerprint density at radius 2 is 2.42 bits per heavy atom. The van der Waals surface area contributed by atoms with Crippen LogP contribution >= 0.6 is 0 Å². The van der Waals surface area contributed by atoms with Crippen molar-refractivity contribution in [1.29, 1.82) is 0 Å². The molecule has 0 bridgehead atoms. The van der Waals surface area contributed by atoms with E-state index in [1.807, 2.05) is 6.92 Å². The first-order valence-electron chi connectivity index (χ1n) is 6.43. The molecular formula is C12H19N3O4. The zero-order valence-electron chi connectivity index (χ0n) is 11.3. The summed E-state index contributed by atoms with van der Waals surface area (Å²) >= 11 is 0. The van der Waals surface area contributed by atoms with Crippen molar-refractivity contribution >= 4 is 5.97 Å². The Bertz CT molecular complexity index is 421. The van der Waals surface area contributed by atoms with Crippen molar-refractivity contribution in [2.45, 2.75) is 32.4 Å². The molecule has 1 aliphatic heterocycles. The molecule has 0 N–H and O–H groups in total. The minimum absolute atomic E-state index is 0.130. The van der Waals surface area contributed by atoms with Gasteiger partial charge in [0.1, 0.15) is 0 Å². The average Bonchev–Trinajstić information content (AvgIpc) is 2.86. The first kappa shape index (κ1) is 14.0. The van der Waals surface area contributed by atoms with Crippen molar-refractivity contribution in [2.24, 2.45) is 0 Å². The Kier molecular flexibility index (Phi) is 4.86. The Balaban J connectivity index is 1.85. The maximum absolute atomic E-state index is 11.2. The summed E-state index contributed by atoms with van der Waals surface area (Å²) in [4.78, 5) is 17.6. The summed E-state index contributed by atoms with van der Waals surface area (Å²) in [5.41, 5.74) is 0. The zero-order chi connectivity index (χ0) is 13.7. The van der Waals surface area contributed by atoms with Crippen LogP contribution in [0.4, 0.5) is 0 Å². The summed E-state index contributed by atoms with van der Waals surface area (Å²) in [6.07, 6.45) is 0.906. The van der Waals surface area contributed by atoms with E-state index in [1.165, 1.54) is 7.11 Å². The van der Waals surface area contributed by atoms with Crippen molar-refractivity contribution in [2.75, 3.05) is 26.8 Å². The fourth-order valence-corrected chi connectivity index (χ4v) is 2.01. The fourth-order valence-electron chi connectivity index (χ4n) is 2.01. The van der Waals surface area contributed by atoms with E-state index in [0.29, 0.717) is 25.6 Å². The minimum Gasteiger partial charge on any atom is -0.469 e. The zero-order valence-corrected chi connectivity index (χ0v) is 11.3. The van der Waals surface area contributed by atoms with Gasteiger partial charge < -0.3 is 14.0 Å². The van der Waals surface area contributed by atoms with Gasteiger partial charge in [-0.15, -0.1) is 0 Å². The van der Waals surface area contributed by atoms with Crippen LogP contribution in [0.25, 0.3) is 0 Å². The number of nitrogens with zero attached hydrogens (tertiary/aromatic N) is 3. The highest BCUT2D eigenvalue weighted by Gasteiger charge is 2.24. The third kappa shape index (κ3) is 4.00. The Morgan fingerprint density at radius 1 is 1.58 bits per heavy atom. The molecule has 19 heavy (non-hydrogen) atoms. The van der Waals surface area contributed by atoms with E-state index < -0.39 is 0 Å². The maximum atomic E-state index is 11.2. The molecule has 1 aromatic rings. The molecule has 7 heteroatoms. The third-order valence-corrected chi connectivity index (χ3v) is 3.03. The molecule has 0 aromatic carbocycles. The molecule has 0 radical (unpaired) electrons. The largest absolute Gasteiger partial charge is 0.469 e. The monoisotopic (exact) mass is 269 g/mol. The number of esters is 1. The van der Waals surface area contributed by atoms with Crippen molar-refractivity contribution < 1.29 is 18.8 Å². The van der Waals surface area contributed by atoms with Crippen LogP contribution in [0.3, 0.4) is 0 Å². The molecule has 1 fully saturated rings. The van der Waals surface area contributed by atoms with Gasteiger partial charge in [0.05, 0.1) is 32.8 Å². The maximum Gasteiger partial charge on any atom is 0.308 e. The quantitative estimate of drug-likeness (QED) is 0.716. The second-order valence-electron chi connectivity index (χ2n) is 4.47. The van der Waals surface area contributed by atoms with E-state index in [0.717, 1.165) is 18.8 Å². The number of rotatable bonds is 5. The van der Waals surface area contributed by atoms with Crippen LogP contribution in [0.2, 0.25) is 0 Å². The highest BCUT2D eigenvalue weighted by molar-refractivity contribution is 5.69. The number of morpholine rings is 1. The molecule has 1 atom stereocenters. The van der Waals surface area contributed by atoms with Gasteiger partial charge in [0, 0.05) is 19.5 Å².